The first-order valence-corrected chi connectivity index (χ1v) is 5.63. The van der Waals surface area contributed by atoms with E-state index in [9.17, 15) is 0 Å². The molecule has 1 fully saturated rings. The fraction of sp³-hybridized carbons (Fsp3) is 0.800. The van der Waals surface area contributed by atoms with Gasteiger partial charge in [0.2, 0.25) is 5.89 Å². The predicted molar refractivity (Wildman–Crippen MR) is 56.5 cm³/mol. The molecule has 15 heavy (non-hydrogen) atoms. The Morgan fingerprint density at radius 2 is 2.20 bits per heavy atom. The van der Waals surface area contributed by atoms with Crippen LogP contribution in [0.2, 0.25) is 0 Å². The number of nitrogens with two attached hydrogens (primary N) is 1. The van der Waals surface area contributed by atoms with Crippen LogP contribution in [0, 0.1) is 0 Å². The van der Waals surface area contributed by atoms with Crippen LogP contribution >= 0.6 is 0 Å². The molecule has 1 aliphatic rings. The molecule has 0 bridgehead atoms. The number of nitrogens with zero attached hydrogens (tertiary/aromatic N) is 2. The molecule has 5 nitrogen and oxygen atoms in total. The highest BCUT2D eigenvalue weighted by Gasteiger charge is 2.20. The van der Waals surface area contributed by atoms with Crippen molar-refractivity contribution in [3.63, 3.8) is 0 Å². The largest absolute Gasteiger partial charge is 0.339 e. The predicted octanol–water partition coefficient (Wildman–Crippen LogP) is 0.428. The lowest BCUT2D eigenvalue weighted by Gasteiger charge is -2.18. The van der Waals surface area contributed by atoms with E-state index in [4.69, 9.17) is 10.3 Å². The van der Waals surface area contributed by atoms with Crippen LogP contribution < -0.4 is 11.1 Å². The van der Waals surface area contributed by atoms with Crippen LogP contribution in [0.4, 0.5) is 0 Å². The minimum Gasteiger partial charge on any atom is -0.339 e. The van der Waals surface area contributed by atoms with Gasteiger partial charge < -0.3 is 15.6 Å². The third-order valence-electron chi connectivity index (χ3n) is 2.78. The first-order valence-electron chi connectivity index (χ1n) is 5.63. The van der Waals surface area contributed by atoms with Crippen LogP contribution in [0.15, 0.2) is 4.52 Å². The molecule has 2 heterocycles. The average Bonchev–Trinajstić information content (AvgIpc) is 2.76. The molecule has 0 amide bonds. The second-order valence-electron chi connectivity index (χ2n) is 3.97. The molecule has 3 N–H and O–H groups in total. The second-order valence-corrected chi connectivity index (χ2v) is 3.97. The summed E-state index contributed by atoms with van der Waals surface area (Å²) in [6.45, 7) is 2.77. The summed E-state index contributed by atoms with van der Waals surface area (Å²) in [5.41, 5.74) is 5.43. The molecule has 1 saturated heterocycles. The molecule has 1 aliphatic heterocycles. The van der Waals surface area contributed by atoms with Gasteiger partial charge in [-0.05, 0) is 38.9 Å². The van der Waals surface area contributed by atoms with E-state index in [1.54, 1.807) is 0 Å². The SMILES string of the molecule is NCCCc1noc(C2CCNCC2)n1. The Morgan fingerprint density at radius 1 is 1.40 bits per heavy atom. The maximum Gasteiger partial charge on any atom is 0.229 e. The summed E-state index contributed by atoms with van der Waals surface area (Å²) < 4.78 is 5.27. The maximum absolute atomic E-state index is 5.43. The van der Waals surface area contributed by atoms with Gasteiger partial charge in [0.05, 0.1) is 0 Å². The lowest BCUT2D eigenvalue weighted by molar-refractivity contribution is 0.318. The Balaban J connectivity index is 1.93. The minimum atomic E-state index is 0.449. The summed E-state index contributed by atoms with van der Waals surface area (Å²) >= 11 is 0. The number of piperidine rings is 1. The number of aryl methyl sites for hydroxylation is 1. The molecule has 1 aromatic rings. The summed E-state index contributed by atoms with van der Waals surface area (Å²) in [5.74, 6) is 2.06. The molecule has 0 aliphatic carbocycles. The third-order valence-corrected chi connectivity index (χ3v) is 2.78. The van der Waals surface area contributed by atoms with Crippen molar-refractivity contribution in [2.45, 2.75) is 31.6 Å². The lowest BCUT2D eigenvalue weighted by atomic mass is 9.98. The summed E-state index contributed by atoms with van der Waals surface area (Å²) in [5, 5.41) is 7.29. The van der Waals surface area contributed by atoms with Crippen LogP contribution in [0.25, 0.3) is 0 Å². The van der Waals surface area contributed by atoms with Gasteiger partial charge in [0.15, 0.2) is 5.82 Å². The van der Waals surface area contributed by atoms with Crippen molar-refractivity contribution in [1.82, 2.24) is 15.5 Å². The standard InChI is InChI=1S/C10H18N4O/c11-5-1-2-9-13-10(15-14-9)8-3-6-12-7-4-8/h8,12H,1-7,11H2. The molecule has 0 unspecified atom stereocenters. The Bertz CT molecular complexity index is 293. The van der Waals surface area contributed by atoms with Crippen molar-refractivity contribution < 1.29 is 4.52 Å². The summed E-state index contributed by atoms with van der Waals surface area (Å²) in [6, 6.07) is 0. The number of nitrogens with one attached hydrogen (secondary N) is 1. The van der Waals surface area contributed by atoms with Gasteiger partial charge in [-0.15, -0.1) is 0 Å². The number of aromatic nitrogens is 2. The first-order chi connectivity index (χ1) is 7.40. The van der Waals surface area contributed by atoms with E-state index >= 15 is 0 Å². The zero-order chi connectivity index (χ0) is 10.5. The van der Waals surface area contributed by atoms with Gasteiger partial charge in [0.25, 0.3) is 0 Å². The third kappa shape index (κ3) is 2.76. The monoisotopic (exact) mass is 210 g/mol. The van der Waals surface area contributed by atoms with E-state index in [-0.39, 0.29) is 0 Å². The van der Waals surface area contributed by atoms with Crippen molar-refractivity contribution >= 4 is 0 Å². The van der Waals surface area contributed by atoms with Gasteiger partial charge in [-0.1, -0.05) is 5.16 Å². The molecule has 0 atom stereocenters. The van der Waals surface area contributed by atoms with Gasteiger partial charge >= 0.3 is 0 Å². The van der Waals surface area contributed by atoms with Crippen LogP contribution in [0.3, 0.4) is 0 Å². The molecule has 0 aromatic carbocycles. The quantitative estimate of drug-likeness (QED) is 0.753. The van der Waals surface area contributed by atoms with Crippen LogP contribution in [0.1, 0.15) is 36.9 Å². The van der Waals surface area contributed by atoms with Crippen molar-refractivity contribution in [2.75, 3.05) is 19.6 Å². The Morgan fingerprint density at radius 3 is 2.93 bits per heavy atom. The van der Waals surface area contributed by atoms with Crippen LogP contribution in [0.5, 0.6) is 0 Å². The first kappa shape index (κ1) is 10.6. The fourth-order valence-electron chi connectivity index (χ4n) is 1.86. The maximum atomic E-state index is 5.43. The molecule has 84 valence electrons. The molecule has 5 heteroatoms. The molecule has 2 rings (SSSR count). The Hall–Kier alpha value is -0.940. The van der Waals surface area contributed by atoms with Crippen molar-refractivity contribution in [2.24, 2.45) is 5.73 Å². The molecule has 0 saturated carbocycles. The van der Waals surface area contributed by atoms with E-state index in [0.717, 1.165) is 50.5 Å². The smallest absolute Gasteiger partial charge is 0.229 e. The highest BCUT2D eigenvalue weighted by atomic mass is 16.5. The van der Waals surface area contributed by atoms with E-state index in [0.29, 0.717) is 12.5 Å². The Kier molecular flexibility index (Phi) is 3.69. The summed E-state index contributed by atoms with van der Waals surface area (Å²) in [4.78, 5) is 4.41. The fourth-order valence-corrected chi connectivity index (χ4v) is 1.86. The normalized spacial score (nSPS) is 18.2. The van der Waals surface area contributed by atoms with Crippen LogP contribution in [-0.4, -0.2) is 29.8 Å². The second kappa shape index (κ2) is 5.23. The highest BCUT2D eigenvalue weighted by molar-refractivity contribution is 4.96. The van der Waals surface area contributed by atoms with E-state index in [2.05, 4.69) is 15.5 Å². The Labute approximate surface area is 89.4 Å². The zero-order valence-electron chi connectivity index (χ0n) is 8.91. The average molecular weight is 210 g/mol. The topological polar surface area (TPSA) is 77.0 Å². The van der Waals surface area contributed by atoms with Crippen LogP contribution in [-0.2, 0) is 6.42 Å². The van der Waals surface area contributed by atoms with Gasteiger partial charge in [0, 0.05) is 12.3 Å². The van der Waals surface area contributed by atoms with E-state index < -0.39 is 0 Å². The van der Waals surface area contributed by atoms with Gasteiger partial charge in [-0.3, -0.25) is 0 Å². The highest BCUT2D eigenvalue weighted by Crippen LogP contribution is 2.23. The lowest BCUT2D eigenvalue weighted by Crippen LogP contribution is -2.26. The number of hydrogen-bond donors (Lipinski definition) is 2. The van der Waals surface area contributed by atoms with Crippen molar-refractivity contribution in [3.05, 3.63) is 11.7 Å². The summed E-state index contributed by atoms with van der Waals surface area (Å²) in [7, 11) is 0. The molecule has 1 aromatic heterocycles. The van der Waals surface area contributed by atoms with E-state index in [1.165, 1.54) is 0 Å². The molecule has 0 spiro atoms. The van der Waals surface area contributed by atoms with Gasteiger partial charge in [-0.2, -0.15) is 4.98 Å². The molecule has 0 radical (unpaired) electrons. The van der Waals surface area contributed by atoms with Gasteiger partial charge in [-0.25, -0.2) is 0 Å². The van der Waals surface area contributed by atoms with Crippen molar-refractivity contribution in [3.8, 4) is 0 Å². The minimum absolute atomic E-state index is 0.449. The van der Waals surface area contributed by atoms with Crippen molar-refractivity contribution in [1.29, 1.82) is 0 Å². The summed E-state index contributed by atoms with van der Waals surface area (Å²) in [6.07, 6.45) is 3.94. The zero-order valence-corrected chi connectivity index (χ0v) is 8.91. The van der Waals surface area contributed by atoms with Gasteiger partial charge in [0.1, 0.15) is 0 Å². The molecular formula is C10H18N4O. The van der Waals surface area contributed by atoms with E-state index in [1.807, 2.05) is 0 Å². The molecular weight excluding hydrogens is 192 g/mol. The number of rotatable bonds is 4. The number of hydrogen-bond acceptors (Lipinski definition) is 5.